The van der Waals surface area contributed by atoms with Crippen molar-refractivity contribution in [3.8, 4) is 23.2 Å². The van der Waals surface area contributed by atoms with E-state index in [-0.39, 0.29) is 44.3 Å². The highest BCUT2D eigenvalue weighted by atomic mass is 35.5. The van der Waals surface area contributed by atoms with Crippen LogP contribution in [0.25, 0.3) is 5.69 Å². The second kappa shape index (κ2) is 10.2. The lowest BCUT2D eigenvalue weighted by atomic mass is 10.2. The van der Waals surface area contributed by atoms with Crippen LogP contribution in [-0.4, -0.2) is 33.3 Å². The first kappa shape index (κ1) is 25.7. The van der Waals surface area contributed by atoms with Gasteiger partial charge in [0.05, 0.1) is 17.3 Å². The first-order valence-electron chi connectivity index (χ1n) is 9.75. The van der Waals surface area contributed by atoms with Gasteiger partial charge in [-0.1, -0.05) is 17.7 Å². The molecule has 0 aliphatic carbocycles. The van der Waals surface area contributed by atoms with Crippen LogP contribution in [0.1, 0.15) is 12.6 Å². The minimum absolute atomic E-state index is 0.0261. The van der Waals surface area contributed by atoms with Crippen molar-refractivity contribution in [2.75, 3.05) is 13.2 Å². The van der Waals surface area contributed by atoms with Crippen LogP contribution in [0.15, 0.2) is 46.0 Å². The van der Waals surface area contributed by atoms with Gasteiger partial charge < -0.3 is 14.2 Å². The Labute approximate surface area is 199 Å². The number of alkyl halides is 3. The molecule has 2 aromatic heterocycles. The number of hydrogen-bond acceptors (Lipinski definition) is 7. The third-order valence-electron chi connectivity index (χ3n) is 4.41. The number of esters is 1. The Bertz CT molecular complexity index is 1390. The van der Waals surface area contributed by atoms with Crippen LogP contribution in [0.3, 0.4) is 0 Å². The summed E-state index contributed by atoms with van der Waals surface area (Å²) >= 11 is 6.01. The maximum atomic E-state index is 14.6. The molecular weight excluding hydrogens is 502 g/mol. The van der Waals surface area contributed by atoms with E-state index in [9.17, 15) is 31.9 Å². The zero-order valence-corrected chi connectivity index (χ0v) is 18.8. The Morgan fingerprint density at radius 1 is 1.14 bits per heavy atom. The number of benzene rings is 1. The Hall–Kier alpha value is -3.87. The third kappa shape index (κ3) is 5.80. The van der Waals surface area contributed by atoms with Crippen molar-refractivity contribution < 1.29 is 36.6 Å². The first-order valence-corrected chi connectivity index (χ1v) is 10.1. The van der Waals surface area contributed by atoms with E-state index in [4.69, 9.17) is 25.8 Å². The fourth-order valence-corrected chi connectivity index (χ4v) is 3.06. The lowest BCUT2D eigenvalue weighted by molar-refractivity contribution is -0.145. The normalized spacial score (nSPS) is 11.3. The molecule has 186 valence electrons. The van der Waals surface area contributed by atoms with Gasteiger partial charge in [0.2, 0.25) is 11.8 Å². The summed E-state index contributed by atoms with van der Waals surface area (Å²) in [5.41, 5.74) is -5.05. The quantitative estimate of drug-likeness (QED) is 0.349. The van der Waals surface area contributed by atoms with Gasteiger partial charge in [0, 0.05) is 31.3 Å². The van der Waals surface area contributed by atoms with Crippen molar-refractivity contribution in [3.63, 3.8) is 0 Å². The van der Waals surface area contributed by atoms with Gasteiger partial charge in [-0.3, -0.25) is 9.36 Å². The number of rotatable bonds is 7. The van der Waals surface area contributed by atoms with Crippen molar-refractivity contribution in [1.29, 1.82) is 0 Å². The minimum atomic E-state index is -4.98. The zero-order chi connectivity index (χ0) is 25.9. The minimum Gasteiger partial charge on any atom is -0.466 e. The average molecular weight is 518 g/mol. The molecule has 0 saturated heterocycles. The summed E-state index contributed by atoms with van der Waals surface area (Å²) in [7, 11) is 0.790. The molecule has 0 aliphatic rings. The molecule has 3 aromatic rings. The first-order chi connectivity index (χ1) is 16.4. The van der Waals surface area contributed by atoms with Gasteiger partial charge >= 0.3 is 17.8 Å². The maximum absolute atomic E-state index is 14.6. The molecule has 0 N–H and O–H groups in total. The van der Waals surface area contributed by atoms with E-state index in [0.717, 1.165) is 19.2 Å². The molecule has 9 nitrogen and oxygen atoms in total. The van der Waals surface area contributed by atoms with E-state index in [0.29, 0.717) is 0 Å². The van der Waals surface area contributed by atoms with E-state index in [1.54, 1.807) is 6.92 Å². The Morgan fingerprint density at radius 2 is 1.83 bits per heavy atom. The number of hydrogen-bond donors (Lipinski definition) is 0. The molecule has 0 bridgehead atoms. The van der Waals surface area contributed by atoms with Gasteiger partial charge in [-0.15, -0.1) is 0 Å². The van der Waals surface area contributed by atoms with Crippen LogP contribution >= 0.6 is 11.6 Å². The van der Waals surface area contributed by atoms with Crippen LogP contribution in [0.5, 0.6) is 17.5 Å². The summed E-state index contributed by atoms with van der Waals surface area (Å²) in [5, 5.41) is -0.289. The van der Waals surface area contributed by atoms with Gasteiger partial charge in [-0.25, -0.2) is 18.5 Å². The molecule has 2 heterocycles. The largest absolute Gasteiger partial charge is 0.466 e. The van der Waals surface area contributed by atoms with Crippen LogP contribution in [-0.2, 0) is 22.8 Å². The standard InChI is InChI=1S/C21H16ClF4N3O6/c1-3-33-19(31)10-34-16-5-4-6-17(27-16)35-14-8-13(12(23)7-11(14)22)29-18(30)9-15(21(24,25)26)28(2)20(29)32/h4-9H,3,10H2,1-2H3. The molecule has 1 aromatic carbocycles. The van der Waals surface area contributed by atoms with Gasteiger partial charge in [0.15, 0.2) is 6.61 Å². The molecule has 35 heavy (non-hydrogen) atoms. The predicted octanol–water partition coefficient (Wildman–Crippen LogP) is 3.48. The van der Waals surface area contributed by atoms with E-state index >= 15 is 0 Å². The van der Waals surface area contributed by atoms with Gasteiger partial charge in [-0.05, 0) is 13.0 Å². The van der Waals surface area contributed by atoms with Crippen molar-refractivity contribution in [3.05, 3.63) is 73.8 Å². The van der Waals surface area contributed by atoms with E-state index in [1.165, 1.54) is 18.2 Å². The van der Waals surface area contributed by atoms with Gasteiger partial charge in [0.1, 0.15) is 17.3 Å². The van der Waals surface area contributed by atoms with Crippen LogP contribution in [0, 0.1) is 5.82 Å². The molecule has 0 atom stereocenters. The van der Waals surface area contributed by atoms with Crippen molar-refractivity contribution >= 4 is 17.6 Å². The van der Waals surface area contributed by atoms with E-state index in [1.807, 2.05) is 0 Å². The summed E-state index contributed by atoms with van der Waals surface area (Å²) < 4.78 is 69.7. The van der Waals surface area contributed by atoms with Crippen LogP contribution in [0.4, 0.5) is 17.6 Å². The number of halogens is 5. The number of ether oxygens (including phenoxy) is 3. The molecule has 0 amide bonds. The Kier molecular flexibility index (Phi) is 7.48. The SMILES string of the molecule is CCOC(=O)COc1cccc(Oc2cc(-n3c(=O)cc(C(F)(F)F)n(C)c3=O)c(F)cc2Cl)n1. The summed E-state index contributed by atoms with van der Waals surface area (Å²) in [5.74, 6) is -2.22. The molecule has 0 unspecified atom stereocenters. The molecule has 0 saturated carbocycles. The lowest BCUT2D eigenvalue weighted by Crippen LogP contribution is -2.41. The van der Waals surface area contributed by atoms with Crippen molar-refractivity contribution in [2.45, 2.75) is 13.1 Å². The fraction of sp³-hybridized carbons (Fsp3) is 0.238. The highest BCUT2D eigenvalue weighted by molar-refractivity contribution is 6.32. The van der Waals surface area contributed by atoms with Crippen molar-refractivity contribution in [1.82, 2.24) is 14.1 Å². The molecule has 0 aliphatic heterocycles. The maximum Gasteiger partial charge on any atom is 0.431 e. The van der Waals surface area contributed by atoms with Crippen LogP contribution < -0.4 is 20.7 Å². The number of nitrogens with zero attached hydrogens (tertiary/aromatic N) is 3. The summed E-state index contributed by atoms with van der Waals surface area (Å²) in [6.07, 6.45) is -4.98. The third-order valence-corrected chi connectivity index (χ3v) is 4.70. The molecule has 0 spiro atoms. The highest BCUT2D eigenvalue weighted by Crippen LogP contribution is 2.33. The smallest absolute Gasteiger partial charge is 0.431 e. The van der Waals surface area contributed by atoms with Gasteiger partial charge in [-0.2, -0.15) is 18.2 Å². The second-order valence-corrected chi connectivity index (χ2v) is 7.19. The number of pyridine rings is 1. The Morgan fingerprint density at radius 3 is 2.49 bits per heavy atom. The number of carbonyl (C=O) groups is 1. The monoisotopic (exact) mass is 517 g/mol. The summed E-state index contributed by atoms with van der Waals surface area (Å²) in [4.78, 5) is 40.2. The highest BCUT2D eigenvalue weighted by Gasteiger charge is 2.35. The molecule has 0 radical (unpaired) electrons. The summed E-state index contributed by atoms with van der Waals surface area (Å²) in [6.45, 7) is 1.36. The topological polar surface area (TPSA) is 102 Å². The van der Waals surface area contributed by atoms with E-state index < -0.39 is 47.2 Å². The van der Waals surface area contributed by atoms with Gasteiger partial charge in [0.25, 0.3) is 5.56 Å². The van der Waals surface area contributed by atoms with E-state index in [2.05, 4.69) is 4.98 Å². The Balaban J connectivity index is 1.98. The predicted molar refractivity (Wildman–Crippen MR) is 114 cm³/mol. The second-order valence-electron chi connectivity index (χ2n) is 6.79. The zero-order valence-electron chi connectivity index (χ0n) is 18.1. The molecular formula is C21H16ClF4N3O6. The van der Waals surface area contributed by atoms with Crippen LogP contribution in [0.2, 0.25) is 5.02 Å². The number of aromatic nitrogens is 3. The summed E-state index contributed by atoms with van der Waals surface area (Å²) in [6, 6.07) is 5.98. The number of carbonyl (C=O) groups excluding carboxylic acids is 1. The molecule has 3 rings (SSSR count). The molecule has 14 heteroatoms. The average Bonchev–Trinajstić information content (AvgIpc) is 2.77. The molecule has 0 fully saturated rings. The van der Waals surface area contributed by atoms with Crippen molar-refractivity contribution in [2.24, 2.45) is 7.05 Å². The fourth-order valence-electron chi connectivity index (χ4n) is 2.87. The lowest BCUT2D eigenvalue weighted by Gasteiger charge is -2.15.